The molecule has 2 nitrogen and oxygen atoms in total. The molecule has 2 saturated carbocycles. The van der Waals surface area contributed by atoms with Gasteiger partial charge in [-0.05, 0) is 64.0 Å². The van der Waals surface area contributed by atoms with Crippen molar-refractivity contribution in [3.8, 4) is 0 Å². The van der Waals surface area contributed by atoms with E-state index >= 15 is 0 Å². The van der Waals surface area contributed by atoms with Gasteiger partial charge in [0.15, 0.2) is 0 Å². The summed E-state index contributed by atoms with van der Waals surface area (Å²) in [6, 6.07) is 0.784. The minimum absolute atomic E-state index is 0.596. The Morgan fingerprint density at radius 2 is 1.84 bits per heavy atom. The predicted octanol–water partition coefficient (Wildman–Crippen LogP) is 3.56. The van der Waals surface area contributed by atoms with Crippen molar-refractivity contribution in [2.75, 3.05) is 19.6 Å². The maximum absolute atomic E-state index is 3.88. The van der Waals surface area contributed by atoms with E-state index in [2.05, 4.69) is 17.1 Å². The second-order valence-corrected chi connectivity index (χ2v) is 7.19. The third-order valence-electron chi connectivity index (χ3n) is 6.26. The van der Waals surface area contributed by atoms with Crippen LogP contribution in [0.3, 0.4) is 0 Å². The number of rotatable bonds is 3. The Hall–Kier alpha value is -0.0800. The largest absolute Gasteiger partial charge is 0.312 e. The Labute approximate surface area is 119 Å². The molecule has 3 aliphatic rings. The molecule has 0 aromatic heterocycles. The van der Waals surface area contributed by atoms with Crippen LogP contribution in [-0.4, -0.2) is 36.1 Å². The summed E-state index contributed by atoms with van der Waals surface area (Å²) in [4.78, 5) is 2.88. The summed E-state index contributed by atoms with van der Waals surface area (Å²) in [6.45, 7) is 6.33. The first-order chi connectivity index (χ1) is 9.34. The van der Waals surface area contributed by atoms with Gasteiger partial charge in [-0.2, -0.15) is 0 Å². The van der Waals surface area contributed by atoms with E-state index in [4.69, 9.17) is 0 Å². The highest BCUT2D eigenvalue weighted by Crippen LogP contribution is 2.41. The molecule has 1 N–H and O–H groups in total. The fourth-order valence-electron chi connectivity index (χ4n) is 4.71. The molecule has 3 fully saturated rings. The molecule has 1 unspecified atom stereocenters. The van der Waals surface area contributed by atoms with Crippen LogP contribution in [0.1, 0.15) is 71.1 Å². The van der Waals surface area contributed by atoms with Gasteiger partial charge in [0.2, 0.25) is 0 Å². The summed E-state index contributed by atoms with van der Waals surface area (Å²) in [5.41, 5.74) is 0.596. The lowest BCUT2D eigenvalue weighted by molar-refractivity contribution is 0.00569. The predicted molar refractivity (Wildman–Crippen MR) is 81.4 cm³/mol. The molecule has 0 spiro atoms. The van der Waals surface area contributed by atoms with Gasteiger partial charge in [0, 0.05) is 18.1 Å². The fraction of sp³-hybridized carbons (Fsp3) is 1.00. The lowest BCUT2D eigenvalue weighted by Crippen LogP contribution is -2.56. The molecule has 0 amide bonds. The summed E-state index contributed by atoms with van der Waals surface area (Å²) in [5, 5.41) is 3.88. The molecule has 1 aliphatic heterocycles. The summed E-state index contributed by atoms with van der Waals surface area (Å²) in [5.74, 6) is 0.961. The molecule has 110 valence electrons. The monoisotopic (exact) mass is 264 g/mol. The molecule has 0 bridgehead atoms. The van der Waals surface area contributed by atoms with Gasteiger partial charge in [-0.25, -0.2) is 0 Å². The lowest BCUT2D eigenvalue weighted by Gasteiger charge is -2.51. The molecule has 2 aliphatic carbocycles. The summed E-state index contributed by atoms with van der Waals surface area (Å²) in [6.07, 6.45) is 14.5. The third-order valence-corrected chi connectivity index (χ3v) is 6.26. The van der Waals surface area contributed by atoms with E-state index in [1.54, 1.807) is 0 Å². The molecular weight excluding hydrogens is 232 g/mol. The number of hydrogen-bond acceptors (Lipinski definition) is 2. The Bertz CT molecular complexity index is 273. The lowest BCUT2D eigenvalue weighted by atomic mass is 9.72. The molecule has 0 aromatic rings. The first-order valence-corrected chi connectivity index (χ1v) is 8.82. The van der Waals surface area contributed by atoms with Crippen molar-refractivity contribution in [2.45, 2.75) is 82.7 Å². The standard InChI is InChI=1S/C17H32N2/c1-2-17(10-6-11-17)19-13-7-12-18-16(14-19)15-8-4-3-5-9-15/h15-16,18H,2-14H2,1H3. The van der Waals surface area contributed by atoms with Crippen LogP contribution in [0.2, 0.25) is 0 Å². The average molecular weight is 264 g/mol. The summed E-state index contributed by atoms with van der Waals surface area (Å²) in [7, 11) is 0. The van der Waals surface area contributed by atoms with Gasteiger partial charge in [-0.1, -0.05) is 26.2 Å². The van der Waals surface area contributed by atoms with Crippen molar-refractivity contribution in [1.82, 2.24) is 10.2 Å². The van der Waals surface area contributed by atoms with Crippen molar-refractivity contribution in [1.29, 1.82) is 0 Å². The molecule has 19 heavy (non-hydrogen) atoms. The molecule has 1 heterocycles. The normalized spacial score (nSPS) is 33.6. The van der Waals surface area contributed by atoms with Gasteiger partial charge in [0.05, 0.1) is 0 Å². The molecule has 1 atom stereocenters. The highest BCUT2D eigenvalue weighted by molar-refractivity contribution is 4.99. The van der Waals surface area contributed by atoms with Crippen LogP contribution in [0.25, 0.3) is 0 Å². The van der Waals surface area contributed by atoms with Gasteiger partial charge in [-0.3, -0.25) is 4.90 Å². The zero-order valence-electron chi connectivity index (χ0n) is 12.8. The van der Waals surface area contributed by atoms with Crippen LogP contribution in [0.4, 0.5) is 0 Å². The van der Waals surface area contributed by atoms with Crippen molar-refractivity contribution in [2.24, 2.45) is 5.92 Å². The van der Waals surface area contributed by atoms with Gasteiger partial charge in [-0.15, -0.1) is 0 Å². The molecule has 0 aromatic carbocycles. The molecule has 0 radical (unpaired) electrons. The Morgan fingerprint density at radius 1 is 1.05 bits per heavy atom. The molecule has 1 saturated heterocycles. The van der Waals surface area contributed by atoms with Gasteiger partial charge >= 0.3 is 0 Å². The smallest absolute Gasteiger partial charge is 0.0223 e. The van der Waals surface area contributed by atoms with Crippen LogP contribution in [-0.2, 0) is 0 Å². The maximum atomic E-state index is 3.88. The van der Waals surface area contributed by atoms with Crippen LogP contribution in [0.5, 0.6) is 0 Å². The maximum Gasteiger partial charge on any atom is 0.0223 e. The summed E-state index contributed by atoms with van der Waals surface area (Å²) >= 11 is 0. The van der Waals surface area contributed by atoms with Crippen LogP contribution in [0, 0.1) is 5.92 Å². The first-order valence-electron chi connectivity index (χ1n) is 8.82. The number of nitrogens with one attached hydrogen (secondary N) is 1. The Balaban J connectivity index is 1.65. The van der Waals surface area contributed by atoms with Crippen molar-refractivity contribution >= 4 is 0 Å². The number of nitrogens with zero attached hydrogens (tertiary/aromatic N) is 1. The number of hydrogen-bond donors (Lipinski definition) is 1. The zero-order valence-corrected chi connectivity index (χ0v) is 12.8. The van der Waals surface area contributed by atoms with Crippen molar-refractivity contribution in [3.63, 3.8) is 0 Å². The summed E-state index contributed by atoms with van der Waals surface area (Å²) < 4.78 is 0. The highest BCUT2D eigenvalue weighted by atomic mass is 15.2. The quantitative estimate of drug-likeness (QED) is 0.838. The minimum atomic E-state index is 0.596. The van der Waals surface area contributed by atoms with E-state index in [1.165, 1.54) is 83.8 Å². The van der Waals surface area contributed by atoms with Crippen LogP contribution in [0.15, 0.2) is 0 Å². The minimum Gasteiger partial charge on any atom is -0.312 e. The molecular formula is C17H32N2. The second-order valence-electron chi connectivity index (χ2n) is 7.19. The van der Waals surface area contributed by atoms with E-state index in [0.29, 0.717) is 5.54 Å². The van der Waals surface area contributed by atoms with Crippen LogP contribution >= 0.6 is 0 Å². The van der Waals surface area contributed by atoms with Gasteiger partial charge < -0.3 is 5.32 Å². The van der Waals surface area contributed by atoms with Gasteiger partial charge in [0.1, 0.15) is 0 Å². The van der Waals surface area contributed by atoms with Gasteiger partial charge in [0.25, 0.3) is 0 Å². The van der Waals surface area contributed by atoms with E-state index in [9.17, 15) is 0 Å². The van der Waals surface area contributed by atoms with Crippen LogP contribution < -0.4 is 5.32 Å². The second kappa shape index (κ2) is 6.13. The average Bonchev–Trinajstić information content (AvgIpc) is 2.66. The fourth-order valence-corrected chi connectivity index (χ4v) is 4.71. The van der Waals surface area contributed by atoms with E-state index in [0.717, 1.165) is 12.0 Å². The molecule has 2 heteroatoms. The van der Waals surface area contributed by atoms with E-state index < -0.39 is 0 Å². The SMILES string of the molecule is CCC1(N2CCCNC(C3CCCCC3)C2)CCC1. The third kappa shape index (κ3) is 2.85. The van der Waals surface area contributed by atoms with Crippen molar-refractivity contribution in [3.05, 3.63) is 0 Å². The zero-order chi connectivity index (χ0) is 13.1. The van der Waals surface area contributed by atoms with E-state index in [-0.39, 0.29) is 0 Å². The van der Waals surface area contributed by atoms with E-state index in [1.807, 2.05) is 0 Å². The highest BCUT2D eigenvalue weighted by Gasteiger charge is 2.42. The van der Waals surface area contributed by atoms with Crippen molar-refractivity contribution < 1.29 is 0 Å². The Morgan fingerprint density at radius 3 is 2.47 bits per heavy atom. The molecule has 3 rings (SSSR count). The Kier molecular flexibility index (Phi) is 4.48. The first kappa shape index (κ1) is 13.9. The topological polar surface area (TPSA) is 15.3 Å².